The molecule has 3 rings (SSSR count). The zero-order chi connectivity index (χ0) is 15.5. The van der Waals surface area contributed by atoms with E-state index in [1.165, 1.54) is 0 Å². The molecule has 3 aromatic rings. The Morgan fingerprint density at radius 3 is 2.91 bits per heavy atom. The van der Waals surface area contributed by atoms with Crippen LogP contribution in [0.25, 0.3) is 10.9 Å². The third kappa shape index (κ3) is 3.07. The first-order valence-corrected chi connectivity index (χ1v) is 7.25. The van der Waals surface area contributed by atoms with E-state index in [1.807, 2.05) is 31.2 Å². The van der Waals surface area contributed by atoms with Crippen molar-refractivity contribution in [3.05, 3.63) is 70.6 Å². The van der Waals surface area contributed by atoms with Crippen molar-refractivity contribution in [1.82, 2.24) is 15.3 Å². The van der Waals surface area contributed by atoms with Crippen LogP contribution in [-0.2, 0) is 6.54 Å². The lowest BCUT2D eigenvalue weighted by molar-refractivity contribution is 0.0950. The zero-order valence-corrected chi connectivity index (χ0v) is 12.8. The first kappa shape index (κ1) is 14.5. The van der Waals surface area contributed by atoms with Crippen LogP contribution in [-0.4, -0.2) is 15.9 Å². The summed E-state index contributed by atoms with van der Waals surface area (Å²) in [6.07, 6.45) is 3.43. The minimum absolute atomic E-state index is 0.147. The highest BCUT2D eigenvalue weighted by Crippen LogP contribution is 2.20. The fraction of sp³-hybridized carbons (Fsp3) is 0.118. The third-order valence-corrected chi connectivity index (χ3v) is 3.63. The van der Waals surface area contributed by atoms with E-state index in [0.717, 1.165) is 16.5 Å². The van der Waals surface area contributed by atoms with Crippen LogP contribution in [0.2, 0.25) is 5.02 Å². The van der Waals surface area contributed by atoms with Crippen molar-refractivity contribution in [1.29, 1.82) is 0 Å². The number of rotatable bonds is 3. The van der Waals surface area contributed by atoms with Gasteiger partial charge in [-0.2, -0.15) is 0 Å². The highest BCUT2D eigenvalue weighted by atomic mass is 35.5. The van der Waals surface area contributed by atoms with Crippen molar-refractivity contribution in [2.45, 2.75) is 13.5 Å². The molecule has 4 nitrogen and oxygen atoms in total. The topological polar surface area (TPSA) is 54.9 Å². The summed E-state index contributed by atoms with van der Waals surface area (Å²) in [5, 5.41) is 4.41. The number of nitrogens with one attached hydrogen (secondary N) is 1. The molecule has 0 aliphatic heterocycles. The molecule has 1 aromatic carbocycles. The largest absolute Gasteiger partial charge is 0.348 e. The molecule has 0 unspecified atom stereocenters. The van der Waals surface area contributed by atoms with Crippen LogP contribution in [0.4, 0.5) is 0 Å². The molecule has 0 spiro atoms. The molecule has 0 fully saturated rings. The van der Waals surface area contributed by atoms with Crippen molar-refractivity contribution in [2.24, 2.45) is 0 Å². The molecule has 0 radical (unpaired) electrons. The second-order valence-corrected chi connectivity index (χ2v) is 5.44. The molecule has 0 atom stereocenters. The van der Waals surface area contributed by atoms with Crippen molar-refractivity contribution >= 4 is 28.4 Å². The molecule has 0 bridgehead atoms. The van der Waals surface area contributed by atoms with Crippen LogP contribution in [0.1, 0.15) is 21.6 Å². The number of halogens is 1. The summed E-state index contributed by atoms with van der Waals surface area (Å²) in [5.74, 6) is -0.147. The van der Waals surface area contributed by atoms with Crippen molar-refractivity contribution < 1.29 is 4.79 Å². The van der Waals surface area contributed by atoms with Gasteiger partial charge in [0.1, 0.15) is 0 Å². The quantitative estimate of drug-likeness (QED) is 0.805. The molecule has 0 saturated heterocycles. The maximum Gasteiger partial charge on any atom is 0.253 e. The summed E-state index contributed by atoms with van der Waals surface area (Å²) >= 11 is 5.97. The molecule has 1 amide bonds. The van der Waals surface area contributed by atoms with Gasteiger partial charge in [-0.3, -0.25) is 14.8 Å². The molecular weight excluding hydrogens is 298 g/mol. The molecule has 2 heterocycles. The standard InChI is InChI=1S/C17H14ClN3O/c1-11-15(7-13-4-5-14(18)8-16(13)21-11)17(22)20-10-12-3-2-6-19-9-12/h2-9H,10H2,1H3,(H,20,22). The van der Waals surface area contributed by atoms with Crippen molar-refractivity contribution in [3.63, 3.8) is 0 Å². The maximum absolute atomic E-state index is 12.4. The number of aryl methyl sites for hydroxylation is 1. The predicted molar refractivity (Wildman–Crippen MR) is 86.9 cm³/mol. The fourth-order valence-electron chi connectivity index (χ4n) is 2.25. The Kier molecular flexibility index (Phi) is 4.02. The molecule has 5 heteroatoms. The predicted octanol–water partition coefficient (Wildman–Crippen LogP) is 3.52. The Hall–Kier alpha value is -2.46. The molecule has 0 saturated carbocycles. The van der Waals surface area contributed by atoms with Gasteiger partial charge < -0.3 is 5.32 Å². The summed E-state index contributed by atoms with van der Waals surface area (Å²) in [5.41, 5.74) is 2.99. The third-order valence-electron chi connectivity index (χ3n) is 3.39. The summed E-state index contributed by atoms with van der Waals surface area (Å²) < 4.78 is 0. The molecule has 0 aliphatic carbocycles. The molecule has 0 aliphatic rings. The molecule has 22 heavy (non-hydrogen) atoms. The van der Waals surface area contributed by atoms with Crippen LogP contribution in [0.3, 0.4) is 0 Å². The van der Waals surface area contributed by atoms with E-state index >= 15 is 0 Å². The number of carbonyl (C=O) groups excluding carboxylic acids is 1. The van der Waals surface area contributed by atoms with Gasteiger partial charge >= 0.3 is 0 Å². The lowest BCUT2D eigenvalue weighted by Crippen LogP contribution is -2.24. The van der Waals surface area contributed by atoms with Gasteiger partial charge in [-0.05, 0) is 36.8 Å². The number of benzene rings is 1. The van der Waals surface area contributed by atoms with Crippen molar-refractivity contribution in [3.8, 4) is 0 Å². The summed E-state index contributed by atoms with van der Waals surface area (Å²) in [7, 11) is 0. The highest BCUT2D eigenvalue weighted by Gasteiger charge is 2.11. The number of hydrogen-bond acceptors (Lipinski definition) is 3. The number of hydrogen-bond donors (Lipinski definition) is 1. The number of carbonyl (C=O) groups is 1. The zero-order valence-electron chi connectivity index (χ0n) is 12.0. The summed E-state index contributed by atoms with van der Waals surface area (Å²) in [6.45, 7) is 2.25. The maximum atomic E-state index is 12.4. The Bertz CT molecular complexity index is 834. The molecular formula is C17H14ClN3O. The minimum atomic E-state index is -0.147. The van der Waals surface area contributed by atoms with Crippen LogP contribution in [0.15, 0.2) is 48.8 Å². The summed E-state index contributed by atoms with van der Waals surface area (Å²) in [4.78, 5) is 20.8. The van der Waals surface area contributed by atoms with Gasteiger partial charge in [0, 0.05) is 29.3 Å². The minimum Gasteiger partial charge on any atom is -0.348 e. The van der Waals surface area contributed by atoms with Gasteiger partial charge in [-0.25, -0.2) is 0 Å². The fourth-order valence-corrected chi connectivity index (χ4v) is 2.41. The second kappa shape index (κ2) is 6.12. The van der Waals surface area contributed by atoms with Gasteiger partial charge in [0.2, 0.25) is 0 Å². The van der Waals surface area contributed by atoms with Gasteiger partial charge in [0.15, 0.2) is 0 Å². The van der Waals surface area contributed by atoms with Gasteiger partial charge in [0.05, 0.1) is 16.8 Å². The van der Waals surface area contributed by atoms with Crippen molar-refractivity contribution in [2.75, 3.05) is 0 Å². The first-order valence-electron chi connectivity index (χ1n) is 6.87. The normalized spacial score (nSPS) is 10.6. The molecule has 2 aromatic heterocycles. The summed E-state index contributed by atoms with van der Waals surface area (Å²) in [6, 6.07) is 11.0. The lowest BCUT2D eigenvalue weighted by atomic mass is 10.1. The van der Waals surface area contributed by atoms with E-state index in [-0.39, 0.29) is 5.91 Å². The molecule has 110 valence electrons. The smallest absolute Gasteiger partial charge is 0.253 e. The van der Waals surface area contributed by atoms with Crippen LogP contribution >= 0.6 is 11.6 Å². The second-order valence-electron chi connectivity index (χ2n) is 5.00. The van der Waals surface area contributed by atoms with Crippen LogP contribution in [0.5, 0.6) is 0 Å². The Morgan fingerprint density at radius 2 is 2.14 bits per heavy atom. The van der Waals surface area contributed by atoms with E-state index in [2.05, 4.69) is 15.3 Å². The van der Waals surface area contributed by atoms with E-state index < -0.39 is 0 Å². The van der Waals surface area contributed by atoms with E-state index in [0.29, 0.717) is 22.8 Å². The van der Waals surface area contributed by atoms with E-state index in [9.17, 15) is 4.79 Å². The monoisotopic (exact) mass is 311 g/mol. The Balaban J connectivity index is 1.84. The number of fused-ring (bicyclic) bond motifs is 1. The first-order chi connectivity index (χ1) is 10.6. The Morgan fingerprint density at radius 1 is 1.27 bits per heavy atom. The average Bonchev–Trinajstić information content (AvgIpc) is 2.53. The highest BCUT2D eigenvalue weighted by molar-refractivity contribution is 6.31. The Labute approximate surface area is 133 Å². The SMILES string of the molecule is Cc1nc2cc(Cl)ccc2cc1C(=O)NCc1cccnc1. The van der Waals surface area contributed by atoms with Crippen LogP contribution in [0, 0.1) is 6.92 Å². The van der Waals surface area contributed by atoms with E-state index in [4.69, 9.17) is 11.6 Å². The van der Waals surface area contributed by atoms with Gasteiger partial charge in [0.25, 0.3) is 5.91 Å². The molecule has 1 N–H and O–H groups in total. The number of amides is 1. The van der Waals surface area contributed by atoms with Gasteiger partial charge in [-0.1, -0.05) is 23.7 Å². The van der Waals surface area contributed by atoms with Crippen LogP contribution < -0.4 is 5.32 Å². The van der Waals surface area contributed by atoms with Gasteiger partial charge in [-0.15, -0.1) is 0 Å². The lowest BCUT2D eigenvalue weighted by Gasteiger charge is -2.09. The number of aromatic nitrogens is 2. The number of nitrogens with zero attached hydrogens (tertiary/aromatic N) is 2. The number of pyridine rings is 2. The van der Waals surface area contributed by atoms with E-state index in [1.54, 1.807) is 24.5 Å². The average molecular weight is 312 g/mol.